The number of nitrogens with two attached hydrogens (primary N) is 1. The second-order valence-corrected chi connectivity index (χ2v) is 6.52. The quantitative estimate of drug-likeness (QED) is 0.654. The maximum absolute atomic E-state index is 13.5. The first kappa shape index (κ1) is 17.3. The van der Waals surface area contributed by atoms with Crippen LogP contribution in [0.4, 0.5) is 19.1 Å². The number of nitrogens with one attached hydrogen (secondary N) is 2. The normalized spacial score (nSPS) is 19.5. The smallest absolute Gasteiger partial charge is 0.360 e. The van der Waals surface area contributed by atoms with Crippen molar-refractivity contribution in [3.05, 3.63) is 41.7 Å². The molecule has 0 bridgehead atoms. The van der Waals surface area contributed by atoms with Crippen LogP contribution in [0.2, 0.25) is 0 Å². The topological polar surface area (TPSA) is 103 Å². The second kappa shape index (κ2) is 6.25. The van der Waals surface area contributed by atoms with E-state index in [2.05, 4.69) is 20.3 Å². The van der Waals surface area contributed by atoms with Gasteiger partial charge in [-0.05, 0) is 25.0 Å². The number of alkyl halides is 3. The summed E-state index contributed by atoms with van der Waals surface area (Å²) >= 11 is 0. The molecule has 1 aromatic carbocycles. The van der Waals surface area contributed by atoms with Gasteiger partial charge in [-0.2, -0.15) is 18.4 Å². The lowest BCUT2D eigenvalue weighted by Gasteiger charge is -2.34. The summed E-state index contributed by atoms with van der Waals surface area (Å²) in [5.41, 5.74) is 6.01. The van der Waals surface area contributed by atoms with Gasteiger partial charge in [-0.25, -0.2) is 9.97 Å². The highest BCUT2D eigenvalue weighted by atomic mass is 19.4. The minimum atomic E-state index is -4.60. The molecule has 6 nitrogen and oxygen atoms in total. The molecule has 0 radical (unpaired) electrons. The van der Waals surface area contributed by atoms with Crippen molar-refractivity contribution in [3.8, 4) is 17.3 Å². The Hall–Kier alpha value is -3.12. The lowest BCUT2D eigenvalue weighted by molar-refractivity contribution is -0.137. The maximum atomic E-state index is 13.5. The number of hydrogen-bond donors (Lipinski definition) is 3. The molecule has 0 saturated heterocycles. The Labute approximate surface area is 152 Å². The summed E-state index contributed by atoms with van der Waals surface area (Å²) in [6.07, 6.45) is -0.670. The van der Waals surface area contributed by atoms with Crippen LogP contribution < -0.4 is 11.1 Å². The molecule has 4 N–H and O–H groups in total. The van der Waals surface area contributed by atoms with Gasteiger partial charge in [-0.15, -0.1) is 0 Å². The molecule has 1 saturated carbocycles. The number of aromatic nitrogens is 3. The highest BCUT2D eigenvalue weighted by molar-refractivity contribution is 5.96. The Morgan fingerprint density at radius 1 is 1.30 bits per heavy atom. The van der Waals surface area contributed by atoms with Crippen molar-refractivity contribution in [2.24, 2.45) is 5.73 Å². The minimum Gasteiger partial charge on any atom is -0.360 e. The van der Waals surface area contributed by atoms with Crippen LogP contribution in [-0.2, 0) is 6.18 Å². The third-order valence-corrected chi connectivity index (χ3v) is 4.80. The number of H-pyrrole nitrogens is 1. The predicted molar refractivity (Wildman–Crippen MR) is 93.7 cm³/mol. The van der Waals surface area contributed by atoms with E-state index in [1.165, 1.54) is 6.20 Å². The van der Waals surface area contributed by atoms with Gasteiger partial charge in [0.2, 0.25) is 5.95 Å². The van der Waals surface area contributed by atoms with Crippen molar-refractivity contribution < 1.29 is 13.2 Å². The Kier molecular flexibility index (Phi) is 4.00. The third kappa shape index (κ3) is 3.08. The summed E-state index contributed by atoms with van der Waals surface area (Å²) in [6.45, 7) is 0. The van der Waals surface area contributed by atoms with Crippen LogP contribution in [-0.4, -0.2) is 27.0 Å². The number of nitrogens with zero attached hydrogens (tertiary/aromatic N) is 3. The Bertz CT molecular complexity index is 1050. The number of fused-ring (bicyclic) bond motifs is 1. The first-order valence-electron chi connectivity index (χ1n) is 8.35. The van der Waals surface area contributed by atoms with Gasteiger partial charge in [0.1, 0.15) is 5.56 Å². The van der Waals surface area contributed by atoms with E-state index in [1.807, 2.05) is 6.07 Å². The van der Waals surface area contributed by atoms with Gasteiger partial charge in [0.25, 0.3) is 0 Å². The van der Waals surface area contributed by atoms with Crippen LogP contribution >= 0.6 is 0 Å². The fourth-order valence-corrected chi connectivity index (χ4v) is 3.13. The van der Waals surface area contributed by atoms with Crippen molar-refractivity contribution in [2.75, 3.05) is 5.32 Å². The fraction of sp³-hybridized carbons (Fsp3) is 0.278. The predicted octanol–water partition coefficient (Wildman–Crippen LogP) is 3.42. The van der Waals surface area contributed by atoms with Crippen LogP contribution in [0.1, 0.15) is 24.0 Å². The molecule has 27 heavy (non-hydrogen) atoms. The van der Waals surface area contributed by atoms with Crippen molar-refractivity contribution in [1.29, 1.82) is 5.26 Å². The molecule has 0 unspecified atom stereocenters. The summed E-state index contributed by atoms with van der Waals surface area (Å²) in [5.74, 6) is 0.112. The van der Waals surface area contributed by atoms with E-state index in [9.17, 15) is 13.2 Å². The molecule has 9 heteroatoms. The average Bonchev–Trinajstić information content (AvgIpc) is 3.06. The Balaban J connectivity index is 1.83. The molecule has 138 valence electrons. The SMILES string of the molecule is N#Cc1ccc2c(-c3nc(N[C@H]4CC[C@@H]4N)ncc3C(F)(F)F)c[nH]c2c1. The largest absolute Gasteiger partial charge is 0.419 e. The highest BCUT2D eigenvalue weighted by Crippen LogP contribution is 2.39. The first-order chi connectivity index (χ1) is 12.9. The molecule has 0 aliphatic heterocycles. The number of anilines is 1. The molecule has 1 aliphatic rings. The van der Waals surface area contributed by atoms with Gasteiger partial charge < -0.3 is 16.0 Å². The lowest BCUT2D eigenvalue weighted by atomic mass is 9.87. The van der Waals surface area contributed by atoms with E-state index in [-0.39, 0.29) is 23.7 Å². The monoisotopic (exact) mass is 372 g/mol. The van der Waals surface area contributed by atoms with Gasteiger partial charge >= 0.3 is 6.18 Å². The number of aromatic amines is 1. The molecule has 2 aromatic heterocycles. The van der Waals surface area contributed by atoms with E-state index in [1.54, 1.807) is 18.2 Å². The Morgan fingerprint density at radius 2 is 2.11 bits per heavy atom. The van der Waals surface area contributed by atoms with Crippen LogP contribution in [0.15, 0.2) is 30.6 Å². The third-order valence-electron chi connectivity index (χ3n) is 4.80. The Morgan fingerprint density at radius 3 is 2.74 bits per heavy atom. The summed E-state index contributed by atoms with van der Waals surface area (Å²) in [7, 11) is 0. The van der Waals surface area contributed by atoms with Crippen molar-refractivity contribution in [3.63, 3.8) is 0 Å². The molecule has 4 rings (SSSR count). The molecular weight excluding hydrogens is 357 g/mol. The number of rotatable bonds is 3. The molecule has 2 heterocycles. The number of nitriles is 1. The molecule has 0 amide bonds. The van der Waals surface area contributed by atoms with Crippen molar-refractivity contribution >= 4 is 16.9 Å². The second-order valence-electron chi connectivity index (χ2n) is 6.52. The van der Waals surface area contributed by atoms with Gasteiger partial charge in [-0.3, -0.25) is 0 Å². The highest BCUT2D eigenvalue weighted by Gasteiger charge is 2.36. The van der Waals surface area contributed by atoms with Gasteiger partial charge in [0.15, 0.2) is 0 Å². The number of benzene rings is 1. The summed E-state index contributed by atoms with van der Waals surface area (Å²) in [4.78, 5) is 10.9. The summed E-state index contributed by atoms with van der Waals surface area (Å²) in [5, 5.41) is 12.5. The van der Waals surface area contributed by atoms with Crippen LogP contribution in [0.3, 0.4) is 0 Å². The number of hydrogen-bond acceptors (Lipinski definition) is 5. The van der Waals surface area contributed by atoms with Crippen molar-refractivity contribution in [1.82, 2.24) is 15.0 Å². The van der Waals surface area contributed by atoms with Gasteiger partial charge in [-0.1, -0.05) is 6.07 Å². The van der Waals surface area contributed by atoms with Crippen LogP contribution in [0.5, 0.6) is 0 Å². The molecule has 0 spiro atoms. The summed E-state index contributed by atoms with van der Waals surface area (Å²) in [6, 6.07) is 6.65. The minimum absolute atomic E-state index is 0.0456. The molecule has 2 atom stereocenters. The van der Waals surface area contributed by atoms with Crippen molar-refractivity contribution in [2.45, 2.75) is 31.1 Å². The van der Waals surface area contributed by atoms with Crippen LogP contribution in [0, 0.1) is 11.3 Å². The molecular formula is C18H15F3N6. The molecule has 1 aliphatic carbocycles. The molecule has 1 fully saturated rings. The van der Waals surface area contributed by atoms with Crippen LogP contribution in [0.25, 0.3) is 22.2 Å². The zero-order valence-electron chi connectivity index (χ0n) is 14.0. The first-order valence-corrected chi connectivity index (χ1v) is 8.35. The standard InChI is InChI=1S/C18H15F3N6/c19-18(20,21)12-8-25-17(26-14-4-3-13(14)23)27-16(12)11-7-24-15-5-9(6-22)1-2-10(11)15/h1-2,5,7-8,13-14,24H,3-4,23H2,(H,25,26,27)/t13-,14-/m0/s1. The molecule has 3 aromatic rings. The van der Waals surface area contributed by atoms with Gasteiger partial charge in [0, 0.05) is 40.9 Å². The summed E-state index contributed by atoms with van der Waals surface area (Å²) < 4.78 is 40.6. The zero-order valence-corrected chi connectivity index (χ0v) is 14.0. The fourth-order valence-electron chi connectivity index (χ4n) is 3.13. The zero-order chi connectivity index (χ0) is 19.2. The van der Waals surface area contributed by atoms with Gasteiger partial charge in [0.05, 0.1) is 17.3 Å². The van der Waals surface area contributed by atoms with E-state index in [0.29, 0.717) is 22.0 Å². The maximum Gasteiger partial charge on any atom is 0.419 e. The average molecular weight is 372 g/mol. The van der Waals surface area contributed by atoms with E-state index in [4.69, 9.17) is 11.0 Å². The van der Waals surface area contributed by atoms with E-state index < -0.39 is 11.7 Å². The van der Waals surface area contributed by atoms with E-state index in [0.717, 1.165) is 19.0 Å². The van der Waals surface area contributed by atoms with E-state index >= 15 is 0 Å². The lowest BCUT2D eigenvalue weighted by Crippen LogP contribution is -2.49. The number of halogens is 3.